The van der Waals surface area contributed by atoms with Crippen LogP contribution in [0.2, 0.25) is 20.1 Å². The summed E-state index contributed by atoms with van der Waals surface area (Å²) in [5, 5.41) is 10.8. The first kappa shape index (κ1) is 14.0. The van der Waals surface area contributed by atoms with Crippen LogP contribution in [0.3, 0.4) is 0 Å². The molecule has 2 rings (SSSR count). The van der Waals surface area contributed by atoms with E-state index < -0.39 is 0 Å². The predicted octanol–water partition coefficient (Wildman–Crippen LogP) is 5.46. The highest BCUT2D eigenvalue weighted by Crippen LogP contribution is 2.40. The van der Waals surface area contributed by atoms with Crippen molar-refractivity contribution in [3.8, 4) is 11.1 Å². The molecule has 0 aromatic heterocycles. The van der Waals surface area contributed by atoms with Gasteiger partial charge >= 0.3 is 0 Å². The van der Waals surface area contributed by atoms with E-state index in [2.05, 4.69) is 0 Å². The first-order valence-corrected chi connectivity index (χ1v) is 6.59. The Balaban J connectivity index is 2.62. The molecule has 0 bridgehead atoms. The summed E-state index contributed by atoms with van der Waals surface area (Å²) < 4.78 is 0. The zero-order chi connectivity index (χ0) is 13.3. The zero-order valence-electron chi connectivity index (χ0n) is 9.05. The molecule has 1 nitrogen and oxygen atoms in total. The monoisotopic (exact) mass is 320 g/mol. The Morgan fingerprint density at radius 2 is 1.50 bits per heavy atom. The van der Waals surface area contributed by atoms with Crippen LogP contribution >= 0.6 is 46.4 Å². The lowest BCUT2D eigenvalue weighted by Crippen LogP contribution is -1.88. The van der Waals surface area contributed by atoms with Crippen LogP contribution in [0.25, 0.3) is 11.1 Å². The van der Waals surface area contributed by atoms with Crippen LogP contribution in [0.1, 0.15) is 5.56 Å². The van der Waals surface area contributed by atoms with Crippen LogP contribution in [0, 0.1) is 0 Å². The molecule has 0 aliphatic rings. The van der Waals surface area contributed by atoms with Crippen molar-refractivity contribution in [2.24, 2.45) is 0 Å². The maximum absolute atomic E-state index is 9.08. The predicted molar refractivity (Wildman–Crippen MR) is 77.8 cm³/mol. The van der Waals surface area contributed by atoms with Gasteiger partial charge in [0.05, 0.1) is 16.7 Å². The lowest BCUT2D eigenvalue weighted by atomic mass is 10.0. The SMILES string of the molecule is OCc1ccc(-c2c(Cl)ccc(Cl)c2Cl)cc1Cl. The summed E-state index contributed by atoms with van der Waals surface area (Å²) in [4.78, 5) is 0. The average Bonchev–Trinajstić information content (AvgIpc) is 2.35. The number of hydrogen-bond donors (Lipinski definition) is 1. The Morgan fingerprint density at radius 1 is 0.833 bits per heavy atom. The molecular formula is C13H8Cl4O. The van der Waals surface area contributed by atoms with Gasteiger partial charge in [-0.3, -0.25) is 0 Å². The molecule has 94 valence electrons. The summed E-state index contributed by atoms with van der Waals surface area (Å²) >= 11 is 24.3. The molecule has 0 heterocycles. The van der Waals surface area contributed by atoms with Crippen molar-refractivity contribution in [1.29, 1.82) is 0 Å². The number of benzene rings is 2. The minimum Gasteiger partial charge on any atom is -0.392 e. The van der Waals surface area contributed by atoms with E-state index in [4.69, 9.17) is 51.5 Å². The van der Waals surface area contributed by atoms with Gasteiger partial charge in [-0.25, -0.2) is 0 Å². The van der Waals surface area contributed by atoms with Gasteiger partial charge < -0.3 is 5.11 Å². The smallest absolute Gasteiger partial charge is 0.0696 e. The van der Waals surface area contributed by atoms with E-state index in [-0.39, 0.29) is 6.61 Å². The topological polar surface area (TPSA) is 20.2 Å². The Labute approximate surface area is 125 Å². The fraction of sp³-hybridized carbons (Fsp3) is 0.0769. The van der Waals surface area contributed by atoms with Crippen LogP contribution in [-0.2, 0) is 6.61 Å². The van der Waals surface area contributed by atoms with Gasteiger partial charge in [0.1, 0.15) is 0 Å². The zero-order valence-corrected chi connectivity index (χ0v) is 12.1. The summed E-state index contributed by atoms with van der Waals surface area (Å²) in [6.07, 6.45) is 0. The fourth-order valence-electron chi connectivity index (χ4n) is 1.62. The second-order valence-corrected chi connectivity index (χ2v) is 5.28. The third-order valence-corrected chi connectivity index (χ3v) is 4.03. The van der Waals surface area contributed by atoms with E-state index >= 15 is 0 Å². The van der Waals surface area contributed by atoms with E-state index in [1.54, 1.807) is 30.3 Å². The third-order valence-electron chi connectivity index (χ3n) is 2.56. The van der Waals surface area contributed by atoms with Crippen molar-refractivity contribution in [3.63, 3.8) is 0 Å². The highest BCUT2D eigenvalue weighted by molar-refractivity contribution is 6.46. The summed E-state index contributed by atoms with van der Waals surface area (Å²) in [6, 6.07) is 8.54. The highest BCUT2D eigenvalue weighted by atomic mass is 35.5. The number of aliphatic hydroxyl groups excluding tert-OH is 1. The molecule has 0 aliphatic carbocycles. The van der Waals surface area contributed by atoms with Crippen LogP contribution in [0.15, 0.2) is 30.3 Å². The molecule has 0 aliphatic heterocycles. The van der Waals surface area contributed by atoms with Gasteiger partial charge in [-0.1, -0.05) is 58.5 Å². The summed E-state index contributed by atoms with van der Waals surface area (Å²) in [6.45, 7) is -0.115. The van der Waals surface area contributed by atoms with Gasteiger partial charge in [-0.2, -0.15) is 0 Å². The van der Waals surface area contributed by atoms with Crippen molar-refractivity contribution >= 4 is 46.4 Å². The summed E-state index contributed by atoms with van der Waals surface area (Å²) in [7, 11) is 0. The Hall–Kier alpha value is -0.440. The highest BCUT2D eigenvalue weighted by Gasteiger charge is 2.13. The number of halogens is 4. The molecule has 2 aromatic rings. The molecule has 0 saturated carbocycles. The van der Waals surface area contributed by atoms with Gasteiger partial charge in [0, 0.05) is 15.6 Å². The fourth-order valence-corrected chi connectivity index (χ4v) is 2.61. The Bertz CT molecular complexity index is 596. The van der Waals surface area contributed by atoms with E-state index in [1.807, 2.05) is 0 Å². The molecule has 0 fully saturated rings. The Morgan fingerprint density at radius 3 is 2.11 bits per heavy atom. The first-order chi connectivity index (χ1) is 8.54. The molecule has 0 saturated heterocycles. The molecule has 5 heteroatoms. The number of hydrogen-bond acceptors (Lipinski definition) is 1. The van der Waals surface area contributed by atoms with Crippen molar-refractivity contribution in [2.75, 3.05) is 0 Å². The summed E-state index contributed by atoms with van der Waals surface area (Å²) in [5.41, 5.74) is 2.04. The van der Waals surface area contributed by atoms with E-state index in [0.717, 1.165) is 5.56 Å². The van der Waals surface area contributed by atoms with E-state index in [9.17, 15) is 0 Å². The van der Waals surface area contributed by atoms with Crippen LogP contribution in [0.5, 0.6) is 0 Å². The van der Waals surface area contributed by atoms with Gasteiger partial charge in [0.25, 0.3) is 0 Å². The largest absolute Gasteiger partial charge is 0.392 e. The minimum atomic E-state index is -0.115. The van der Waals surface area contributed by atoms with Crippen molar-refractivity contribution in [3.05, 3.63) is 56.0 Å². The lowest BCUT2D eigenvalue weighted by molar-refractivity contribution is 0.282. The standard InChI is InChI=1S/C13H8Cl4O/c14-9-3-4-10(15)13(17)12(9)7-1-2-8(6-18)11(16)5-7/h1-5,18H,6H2. The van der Waals surface area contributed by atoms with Gasteiger partial charge in [-0.05, 0) is 29.3 Å². The van der Waals surface area contributed by atoms with Gasteiger partial charge in [0.2, 0.25) is 0 Å². The lowest BCUT2D eigenvalue weighted by Gasteiger charge is -2.10. The van der Waals surface area contributed by atoms with Crippen molar-refractivity contribution < 1.29 is 5.11 Å². The molecule has 18 heavy (non-hydrogen) atoms. The van der Waals surface area contributed by atoms with Gasteiger partial charge in [0.15, 0.2) is 0 Å². The second kappa shape index (κ2) is 5.68. The molecular weight excluding hydrogens is 314 g/mol. The molecule has 1 N–H and O–H groups in total. The maximum Gasteiger partial charge on any atom is 0.0696 e. The number of rotatable bonds is 2. The Kier molecular flexibility index (Phi) is 4.41. The quantitative estimate of drug-likeness (QED) is 0.728. The average molecular weight is 322 g/mol. The van der Waals surface area contributed by atoms with Crippen molar-refractivity contribution in [1.82, 2.24) is 0 Å². The maximum atomic E-state index is 9.08. The van der Waals surface area contributed by atoms with Gasteiger partial charge in [-0.15, -0.1) is 0 Å². The van der Waals surface area contributed by atoms with Crippen LogP contribution in [0.4, 0.5) is 0 Å². The van der Waals surface area contributed by atoms with Crippen LogP contribution < -0.4 is 0 Å². The number of aliphatic hydroxyl groups is 1. The minimum absolute atomic E-state index is 0.115. The van der Waals surface area contributed by atoms with E-state index in [1.165, 1.54) is 0 Å². The molecule has 0 spiro atoms. The third kappa shape index (κ3) is 2.61. The second-order valence-electron chi connectivity index (χ2n) is 3.68. The first-order valence-electron chi connectivity index (χ1n) is 5.07. The normalized spacial score (nSPS) is 10.7. The summed E-state index contributed by atoms with van der Waals surface area (Å²) in [5.74, 6) is 0. The molecule has 0 radical (unpaired) electrons. The molecule has 0 unspecified atom stereocenters. The van der Waals surface area contributed by atoms with Crippen molar-refractivity contribution in [2.45, 2.75) is 6.61 Å². The van der Waals surface area contributed by atoms with E-state index in [0.29, 0.717) is 31.2 Å². The molecule has 0 atom stereocenters. The van der Waals surface area contributed by atoms with Crippen LogP contribution in [-0.4, -0.2) is 5.11 Å². The molecule has 2 aromatic carbocycles. The molecule has 0 amide bonds.